The number of fused-ring (bicyclic) bond motifs is 9. The molecule has 2 N–H and O–H groups in total. The highest BCUT2D eigenvalue weighted by atomic mass is 16.5. The summed E-state index contributed by atoms with van der Waals surface area (Å²) in [6.07, 6.45) is 0.762. The van der Waals surface area contributed by atoms with Crippen molar-refractivity contribution in [1.29, 1.82) is 0 Å². The highest BCUT2D eigenvalue weighted by molar-refractivity contribution is 5.94. The van der Waals surface area contributed by atoms with Crippen molar-refractivity contribution in [3.63, 3.8) is 0 Å². The maximum absolute atomic E-state index is 13.9. The van der Waals surface area contributed by atoms with E-state index in [1.807, 2.05) is 67.1 Å². The number of rotatable bonds is 5. The first-order chi connectivity index (χ1) is 24.2. The molecule has 262 valence electrons. The largest absolute Gasteiger partial charge is 0.496 e. The van der Waals surface area contributed by atoms with E-state index in [2.05, 4.69) is 15.7 Å². The summed E-state index contributed by atoms with van der Waals surface area (Å²) in [7, 11) is 3.10. The summed E-state index contributed by atoms with van der Waals surface area (Å²) in [5, 5.41) is 10.6. The van der Waals surface area contributed by atoms with Crippen molar-refractivity contribution in [1.82, 2.24) is 25.3 Å². The number of hydrogen-bond donors (Lipinski definition) is 2. The number of nitrogens with zero attached hydrogens (tertiary/aromatic N) is 3. The van der Waals surface area contributed by atoms with Crippen LogP contribution >= 0.6 is 0 Å². The minimum atomic E-state index is -0.540. The zero-order valence-electron chi connectivity index (χ0n) is 28.9. The lowest BCUT2D eigenvalue weighted by molar-refractivity contribution is -0.125. The molecule has 12 nitrogen and oxygen atoms in total. The number of likely N-dealkylation sites (tertiary alicyclic amines) is 1. The molecule has 1 aromatic heterocycles. The Morgan fingerprint density at radius 3 is 2.58 bits per heavy atom. The number of hydrogen-bond acceptors (Lipinski definition) is 8. The number of ether oxygens (including phenoxy) is 4. The van der Waals surface area contributed by atoms with E-state index in [-0.39, 0.29) is 37.3 Å². The van der Waals surface area contributed by atoms with Gasteiger partial charge in [-0.2, -0.15) is 5.10 Å². The number of piperidine rings is 1. The number of aromatic nitrogens is 2. The van der Waals surface area contributed by atoms with Gasteiger partial charge in [0.1, 0.15) is 17.6 Å². The maximum Gasteiger partial charge on any atom is 0.258 e. The molecule has 1 saturated heterocycles. The van der Waals surface area contributed by atoms with Crippen LogP contribution in [0.5, 0.6) is 23.0 Å². The van der Waals surface area contributed by atoms with Gasteiger partial charge in [0.25, 0.3) is 11.8 Å². The lowest BCUT2D eigenvalue weighted by Gasteiger charge is -2.39. The lowest BCUT2D eigenvalue weighted by Crippen LogP contribution is -2.58. The van der Waals surface area contributed by atoms with Crippen molar-refractivity contribution in [3.05, 3.63) is 100 Å². The molecule has 4 aromatic rings. The summed E-state index contributed by atoms with van der Waals surface area (Å²) in [5.41, 5.74) is 5.19. The predicted molar refractivity (Wildman–Crippen MR) is 186 cm³/mol. The first kappa shape index (κ1) is 34.3. The minimum Gasteiger partial charge on any atom is -0.496 e. The van der Waals surface area contributed by atoms with Gasteiger partial charge in [-0.1, -0.05) is 18.2 Å². The summed E-state index contributed by atoms with van der Waals surface area (Å²) in [6, 6.07) is 19.9. The topological polar surface area (TPSA) is 133 Å². The Hall–Kier alpha value is -5.52. The van der Waals surface area contributed by atoms with E-state index in [4.69, 9.17) is 18.9 Å². The Bertz CT molecular complexity index is 1870. The molecule has 0 spiro atoms. The van der Waals surface area contributed by atoms with Crippen LogP contribution in [-0.2, 0) is 29.1 Å². The number of methoxy groups -OCH3 is 2. The first-order valence-corrected chi connectivity index (χ1v) is 16.8. The second-order valence-electron chi connectivity index (χ2n) is 12.7. The van der Waals surface area contributed by atoms with Crippen LogP contribution in [0, 0.1) is 13.8 Å². The minimum absolute atomic E-state index is 0.109. The van der Waals surface area contributed by atoms with Gasteiger partial charge < -0.3 is 34.5 Å². The van der Waals surface area contributed by atoms with Crippen LogP contribution in [0.2, 0.25) is 0 Å². The molecular weight excluding hydrogens is 638 g/mol. The number of nitrogens with one attached hydrogen (secondary N) is 2. The Morgan fingerprint density at radius 2 is 1.80 bits per heavy atom. The summed E-state index contributed by atoms with van der Waals surface area (Å²) in [5.74, 6) is 1.38. The third kappa shape index (κ3) is 8.19. The molecule has 0 saturated carbocycles. The Balaban J connectivity index is 1.24. The van der Waals surface area contributed by atoms with Crippen molar-refractivity contribution < 1.29 is 33.3 Å². The van der Waals surface area contributed by atoms with Gasteiger partial charge in [0.2, 0.25) is 5.91 Å². The number of aryl methyl sites for hydroxylation is 3. The molecular formula is C38H43N5O7. The molecule has 3 aliphatic rings. The summed E-state index contributed by atoms with van der Waals surface area (Å²) in [6.45, 7) is 5.19. The average molecular weight is 682 g/mol. The fourth-order valence-electron chi connectivity index (χ4n) is 6.43. The predicted octanol–water partition coefficient (Wildman–Crippen LogP) is 3.99. The van der Waals surface area contributed by atoms with Gasteiger partial charge >= 0.3 is 0 Å². The molecule has 3 amide bonds. The van der Waals surface area contributed by atoms with Gasteiger partial charge in [-0.05, 0) is 73.9 Å². The zero-order chi connectivity index (χ0) is 35.2. The molecule has 1 fully saturated rings. The quantitative estimate of drug-likeness (QED) is 0.323. The van der Waals surface area contributed by atoms with Gasteiger partial charge in [0.15, 0.2) is 18.1 Å². The van der Waals surface area contributed by atoms with Crippen molar-refractivity contribution in [2.24, 2.45) is 0 Å². The maximum atomic E-state index is 13.9. The third-order valence-corrected chi connectivity index (χ3v) is 9.04. The molecule has 50 heavy (non-hydrogen) atoms. The third-order valence-electron chi connectivity index (χ3n) is 9.04. The molecule has 12 heteroatoms. The van der Waals surface area contributed by atoms with Gasteiger partial charge in [-0.25, -0.2) is 0 Å². The molecule has 0 unspecified atom stereocenters. The van der Waals surface area contributed by atoms with Crippen molar-refractivity contribution in [3.8, 4) is 23.0 Å². The Labute approximate surface area is 291 Å². The van der Waals surface area contributed by atoms with E-state index in [1.54, 1.807) is 30.2 Å². The fourth-order valence-corrected chi connectivity index (χ4v) is 6.43. The molecule has 0 radical (unpaired) electrons. The van der Waals surface area contributed by atoms with Gasteiger partial charge in [0, 0.05) is 55.4 Å². The molecule has 0 aliphatic carbocycles. The van der Waals surface area contributed by atoms with Gasteiger partial charge in [-0.15, -0.1) is 0 Å². The highest BCUT2D eigenvalue weighted by Crippen LogP contribution is 2.30. The van der Waals surface area contributed by atoms with Crippen LogP contribution < -0.4 is 29.6 Å². The van der Waals surface area contributed by atoms with E-state index in [0.717, 1.165) is 28.1 Å². The summed E-state index contributed by atoms with van der Waals surface area (Å²) >= 11 is 0. The molecule has 4 heterocycles. The van der Waals surface area contributed by atoms with Crippen LogP contribution in [0.15, 0.2) is 66.7 Å². The average Bonchev–Trinajstić information content (AvgIpc) is 3.44. The number of benzene rings is 3. The van der Waals surface area contributed by atoms with E-state index in [1.165, 1.54) is 7.11 Å². The van der Waals surface area contributed by atoms with Crippen LogP contribution in [0.1, 0.15) is 51.3 Å². The lowest BCUT2D eigenvalue weighted by atomic mass is 10.00. The van der Waals surface area contributed by atoms with E-state index < -0.39 is 12.1 Å². The Morgan fingerprint density at radius 1 is 0.960 bits per heavy atom. The second-order valence-corrected chi connectivity index (χ2v) is 12.7. The number of amides is 3. The molecule has 3 aliphatic heterocycles. The molecule has 3 aromatic carbocycles. The smallest absolute Gasteiger partial charge is 0.258 e. The van der Waals surface area contributed by atoms with Crippen LogP contribution in [0.3, 0.4) is 0 Å². The van der Waals surface area contributed by atoms with Crippen molar-refractivity contribution in [2.75, 3.05) is 33.9 Å². The molecule has 4 bridgehead atoms. The van der Waals surface area contributed by atoms with E-state index >= 15 is 0 Å². The van der Waals surface area contributed by atoms with Crippen LogP contribution in [-0.4, -0.2) is 78.5 Å². The summed E-state index contributed by atoms with van der Waals surface area (Å²) in [4.78, 5) is 41.8. The normalized spacial score (nSPS) is 18.3. The van der Waals surface area contributed by atoms with Crippen molar-refractivity contribution in [2.45, 2.75) is 58.3 Å². The molecule has 2 atom stereocenters. The van der Waals surface area contributed by atoms with E-state index in [9.17, 15) is 14.4 Å². The van der Waals surface area contributed by atoms with Gasteiger partial charge in [0.05, 0.1) is 32.5 Å². The highest BCUT2D eigenvalue weighted by Gasteiger charge is 2.35. The fraction of sp³-hybridized carbons (Fsp3) is 0.368. The van der Waals surface area contributed by atoms with Crippen molar-refractivity contribution >= 4 is 17.7 Å². The van der Waals surface area contributed by atoms with Gasteiger partial charge in [-0.3, -0.25) is 19.1 Å². The number of carbonyl (C=O) groups excluding carboxylic acids is 3. The van der Waals surface area contributed by atoms with Crippen LogP contribution in [0.4, 0.5) is 0 Å². The monoisotopic (exact) mass is 681 g/mol. The second kappa shape index (κ2) is 15.4. The first-order valence-electron chi connectivity index (χ1n) is 16.8. The van der Waals surface area contributed by atoms with Crippen LogP contribution in [0.25, 0.3) is 0 Å². The zero-order valence-corrected chi connectivity index (χ0v) is 28.9. The SMILES string of the molecule is COc1cc2ccc1CNC(=O)CCc1ccc(OC)c(c1)OCC(=O)N[C@@H]1CN(C(=O)c3cccc(Cn4nc(C)cc4C)c3)CC[C@@H]1O2. The summed E-state index contributed by atoms with van der Waals surface area (Å²) < 4.78 is 25.4. The molecule has 7 rings (SSSR count). The number of carbonyl (C=O) groups is 3. The Kier molecular flexibility index (Phi) is 10.5. The van der Waals surface area contributed by atoms with E-state index in [0.29, 0.717) is 61.0 Å². The standard InChI is InChI=1S/C38H43N5O7/c1-24-16-25(2)43(41-24)21-27-6-5-7-28(17-27)38(46)42-15-14-32-31(22-42)40-37(45)23-49-35-18-26(8-12-33(35)47-3)9-13-36(44)39-20-29-10-11-30(50-32)19-34(29)48-4/h5-8,10-12,16-19,31-32H,9,13-15,20-23H2,1-4H3,(H,39,44)(H,40,45)/t31-,32+/m1/s1.